The molecule has 2 rings (SSSR count). The van der Waals surface area contributed by atoms with Gasteiger partial charge in [-0.2, -0.15) is 0 Å². The molecule has 0 saturated heterocycles. The highest BCUT2D eigenvalue weighted by atomic mass is 79.9. The molecule has 4 heteroatoms. The summed E-state index contributed by atoms with van der Waals surface area (Å²) in [5.74, 6) is 0.577. The summed E-state index contributed by atoms with van der Waals surface area (Å²) >= 11 is 3.50. The lowest BCUT2D eigenvalue weighted by molar-refractivity contribution is -0.120. The van der Waals surface area contributed by atoms with Crippen LogP contribution in [-0.2, 0) is 11.2 Å². The monoisotopic (exact) mass is 324 g/mol. The first-order chi connectivity index (χ1) is 9.06. The van der Waals surface area contributed by atoms with Crippen LogP contribution in [0.4, 0.5) is 0 Å². The average Bonchev–Trinajstić information content (AvgIpc) is 2.76. The predicted octanol–water partition coefficient (Wildman–Crippen LogP) is 2.80. The second kappa shape index (κ2) is 6.53. The quantitative estimate of drug-likeness (QED) is 0.874. The summed E-state index contributed by atoms with van der Waals surface area (Å²) in [6.45, 7) is 5.33. The molecule has 0 fully saturated rings. The van der Waals surface area contributed by atoms with Gasteiger partial charge in [0, 0.05) is 17.1 Å². The fourth-order valence-corrected chi connectivity index (χ4v) is 2.80. The van der Waals surface area contributed by atoms with Gasteiger partial charge in [0.15, 0.2) is 0 Å². The Balaban J connectivity index is 1.84. The van der Waals surface area contributed by atoms with Crippen molar-refractivity contribution in [1.82, 2.24) is 10.6 Å². The number of fused-ring (bicyclic) bond motifs is 1. The Bertz CT molecular complexity index is 459. The van der Waals surface area contributed by atoms with Crippen molar-refractivity contribution >= 4 is 21.8 Å². The minimum absolute atomic E-state index is 0.0826. The Kier molecular flexibility index (Phi) is 4.99. The van der Waals surface area contributed by atoms with Crippen molar-refractivity contribution in [2.75, 3.05) is 13.1 Å². The van der Waals surface area contributed by atoms with Crippen LogP contribution < -0.4 is 10.6 Å². The molecule has 0 aromatic heterocycles. The highest BCUT2D eigenvalue weighted by Crippen LogP contribution is 2.32. The summed E-state index contributed by atoms with van der Waals surface area (Å²) in [7, 11) is 0. The fourth-order valence-electron chi connectivity index (χ4n) is 2.39. The molecule has 1 aliphatic rings. The third-order valence-corrected chi connectivity index (χ3v) is 3.89. The van der Waals surface area contributed by atoms with Crippen LogP contribution in [0.1, 0.15) is 37.4 Å². The molecular weight excluding hydrogens is 304 g/mol. The molecule has 0 heterocycles. The maximum absolute atomic E-state index is 11.7. The molecule has 0 spiro atoms. The number of hydrogen-bond acceptors (Lipinski definition) is 2. The van der Waals surface area contributed by atoms with Crippen molar-refractivity contribution in [3.8, 4) is 0 Å². The third-order valence-electron chi connectivity index (χ3n) is 3.40. The van der Waals surface area contributed by atoms with E-state index in [4.69, 9.17) is 0 Å². The van der Waals surface area contributed by atoms with E-state index in [-0.39, 0.29) is 5.91 Å². The van der Waals surface area contributed by atoms with Crippen LogP contribution in [0.25, 0.3) is 0 Å². The summed E-state index contributed by atoms with van der Waals surface area (Å²) in [6, 6.07) is 6.71. The summed E-state index contributed by atoms with van der Waals surface area (Å²) in [4.78, 5) is 11.7. The van der Waals surface area contributed by atoms with Gasteiger partial charge in [0.2, 0.25) is 5.91 Å². The van der Waals surface area contributed by atoms with Crippen LogP contribution in [0.5, 0.6) is 0 Å². The van der Waals surface area contributed by atoms with Gasteiger partial charge >= 0.3 is 0 Å². The van der Waals surface area contributed by atoms with E-state index in [0.717, 1.165) is 23.9 Å². The van der Waals surface area contributed by atoms with Crippen molar-refractivity contribution < 1.29 is 4.79 Å². The SMILES string of the molecule is CC(C)CNC(=O)CNC1CCc2cc(Br)ccc21. The molecule has 19 heavy (non-hydrogen) atoms. The zero-order valence-corrected chi connectivity index (χ0v) is 13.1. The maximum atomic E-state index is 11.7. The van der Waals surface area contributed by atoms with Crippen molar-refractivity contribution in [2.45, 2.75) is 32.7 Å². The number of amides is 1. The second-order valence-electron chi connectivity index (χ2n) is 5.51. The number of halogens is 1. The predicted molar refractivity (Wildman–Crippen MR) is 81.1 cm³/mol. The summed E-state index contributed by atoms with van der Waals surface area (Å²) < 4.78 is 1.13. The maximum Gasteiger partial charge on any atom is 0.233 e. The Morgan fingerprint density at radius 1 is 1.47 bits per heavy atom. The minimum atomic E-state index is 0.0826. The zero-order chi connectivity index (χ0) is 13.8. The molecule has 1 aromatic carbocycles. The molecule has 0 bridgehead atoms. The van der Waals surface area contributed by atoms with Crippen LogP contribution in [-0.4, -0.2) is 19.0 Å². The topological polar surface area (TPSA) is 41.1 Å². The van der Waals surface area contributed by atoms with Crippen molar-refractivity contribution in [1.29, 1.82) is 0 Å². The zero-order valence-electron chi connectivity index (χ0n) is 11.5. The van der Waals surface area contributed by atoms with Crippen LogP contribution in [0, 0.1) is 5.92 Å². The van der Waals surface area contributed by atoms with Gasteiger partial charge in [-0.3, -0.25) is 4.79 Å². The lowest BCUT2D eigenvalue weighted by Gasteiger charge is -2.14. The van der Waals surface area contributed by atoms with E-state index in [9.17, 15) is 4.79 Å². The van der Waals surface area contributed by atoms with Crippen LogP contribution in [0.15, 0.2) is 22.7 Å². The summed E-state index contributed by atoms with van der Waals surface area (Å²) in [6.07, 6.45) is 2.16. The molecule has 104 valence electrons. The van der Waals surface area contributed by atoms with E-state index in [1.807, 2.05) is 0 Å². The molecule has 0 aliphatic heterocycles. The lowest BCUT2D eigenvalue weighted by Crippen LogP contribution is -2.36. The summed E-state index contributed by atoms with van der Waals surface area (Å²) in [5.41, 5.74) is 2.72. The highest BCUT2D eigenvalue weighted by Gasteiger charge is 2.22. The molecule has 3 nitrogen and oxygen atoms in total. The van der Waals surface area contributed by atoms with E-state index in [1.165, 1.54) is 11.1 Å². The molecular formula is C15H21BrN2O. The molecule has 1 atom stereocenters. The van der Waals surface area contributed by atoms with Crippen molar-refractivity contribution in [3.05, 3.63) is 33.8 Å². The minimum Gasteiger partial charge on any atom is -0.355 e. The normalized spacial score (nSPS) is 17.6. The molecule has 1 amide bonds. The van der Waals surface area contributed by atoms with Gasteiger partial charge in [-0.15, -0.1) is 0 Å². The largest absolute Gasteiger partial charge is 0.355 e. The number of hydrogen-bond donors (Lipinski definition) is 2. The van der Waals surface area contributed by atoms with E-state index in [2.05, 4.69) is 58.6 Å². The average molecular weight is 325 g/mol. The van der Waals surface area contributed by atoms with Gasteiger partial charge in [0.25, 0.3) is 0 Å². The Morgan fingerprint density at radius 2 is 2.26 bits per heavy atom. The molecule has 1 aliphatic carbocycles. The number of carbonyl (C=O) groups excluding carboxylic acids is 1. The lowest BCUT2D eigenvalue weighted by atomic mass is 10.1. The standard InChI is InChI=1S/C15H21BrN2O/c1-10(2)8-18-15(19)9-17-14-6-3-11-7-12(16)4-5-13(11)14/h4-5,7,10,14,17H,3,6,8-9H2,1-2H3,(H,18,19). The van der Waals surface area contributed by atoms with E-state index < -0.39 is 0 Å². The smallest absolute Gasteiger partial charge is 0.233 e. The molecule has 1 aromatic rings. The number of nitrogens with one attached hydrogen (secondary N) is 2. The van der Waals surface area contributed by atoms with Gasteiger partial charge in [0.1, 0.15) is 0 Å². The van der Waals surface area contributed by atoms with Crippen LogP contribution in [0.2, 0.25) is 0 Å². The Hall–Kier alpha value is -0.870. The Labute approximate surface area is 123 Å². The van der Waals surface area contributed by atoms with Gasteiger partial charge in [-0.05, 0) is 42.0 Å². The van der Waals surface area contributed by atoms with Crippen molar-refractivity contribution in [2.24, 2.45) is 5.92 Å². The number of rotatable bonds is 5. The van der Waals surface area contributed by atoms with Gasteiger partial charge < -0.3 is 10.6 Å². The van der Waals surface area contributed by atoms with Gasteiger partial charge in [0.05, 0.1) is 6.54 Å². The first kappa shape index (κ1) is 14.5. The first-order valence-corrected chi connectivity index (χ1v) is 7.64. The molecule has 2 N–H and O–H groups in total. The number of benzene rings is 1. The van der Waals surface area contributed by atoms with Crippen molar-refractivity contribution in [3.63, 3.8) is 0 Å². The summed E-state index contributed by atoms with van der Waals surface area (Å²) in [5, 5.41) is 6.28. The highest BCUT2D eigenvalue weighted by molar-refractivity contribution is 9.10. The fraction of sp³-hybridized carbons (Fsp3) is 0.533. The molecule has 0 saturated carbocycles. The number of carbonyl (C=O) groups is 1. The van der Waals surface area contributed by atoms with Gasteiger partial charge in [-0.1, -0.05) is 35.8 Å². The number of aryl methyl sites for hydroxylation is 1. The van der Waals surface area contributed by atoms with E-state index in [0.29, 0.717) is 18.5 Å². The van der Waals surface area contributed by atoms with E-state index in [1.54, 1.807) is 0 Å². The Morgan fingerprint density at radius 3 is 3.00 bits per heavy atom. The molecule has 1 unspecified atom stereocenters. The van der Waals surface area contributed by atoms with Crippen LogP contribution in [0.3, 0.4) is 0 Å². The van der Waals surface area contributed by atoms with E-state index >= 15 is 0 Å². The van der Waals surface area contributed by atoms with Crippen LogP contribution >= 0.6 is 15.9 Å². The second-order valence-corrected chi connectivity index (χ2v) is 6.43. The van der Waals surface area contributed by atoms with Gasteiger partial charge in [-0.25, -0.2) is 0 Å². The third kappa shape index (κ3) is 4.05. The molecule has 0 radical (unpaired) electrons. The first-order valence-electron chi connectivity index (χ1n) is 6.84.